The summed E-state index contributed by atoms with van der Waals surface area (Å²) < 4.78 is 0.0956. The second-order valence-corrected chi connectivity index (χ2v) is 7.89. The van der Waals surface area contributed by atoms with E-state index in [-0.39, 0.29) is 20.5 Å². The lowest BCUT2D eigenvalue weighted by atomic mass is 10.2. The normalized spacial score (nSPS) is 15.2. The molecule has 1 saturated heterocycles. The van der Waals surface area contributed by atoms with E-state index in [2.05, 4.69) is 5.43 Å². The fourth-order valence-corrected chi connectivity index (χ4v) is 3.94. The first-order valence-electron chi connectivity index (χ1n) is 7.55. The average Bonchev–Trinajstić information content (AvgIpc) is 2.92. The molecule has 0 aromatic heterocycles. The highest BCUT2D eigenvalue weighted by molar-refractivity contribution is 8.26. The summed E-state index contributed by atoms with van der Waals surface area (Å²) >= 11 is 18.3. The minimum atomic E-state index is -0.711. The molecule has 0 radical (unpaired) electrons. The third-order valence-electron chi connectivity index (χ3n) is 3.60. The van der Waals surface area contributed by atoms with E-state index < -0.39 is 16.7 Å². The van der Waals surface area contributed by atoms with E-state index in [0.717, 1.165) is 22.8 Å². The topological polar surface area (TPSA) is 92.6 Å². The lowest BCUT2D eigenvalue weighted by Crippen LogP contribution is -2.44. The molecule has 1 aliphatic rings. The van der Waals surface area contributed by atoms with E-state index >= 15 is 0 Å². The largest absolute Gasteiger partial charge is 0.285 e. The maximum absolute atomic E-state index is 12.6. The van der Waals surface area contributed by atoms with Gasteiger partial charge in [0, 0.05) is 33.3 Å². The van der Waals surface area contributed by atoms with Crippen LogP contribution >= 0.6 is 47.2 Å². The van der Waals surface area contributed by atoms with Gasteiger partial charge in [-0.2, -0.15) is 5.01 Å². The summed E-state index contributed by atoms with van der Waals surface area (Å²) in [5.74, 6) is -1.28. The van der Waals surface area contributed by atoms with Crippen LogP contribution in [0.3, 0.4) is 0 Å². The van der Waals surface area contributed by atoms with Gasteiger partial charge in [0.25, 0.3) is 17.5 Å². The molecule has 11 heteroatoms. The molecule has 1 fully saturated rings. The van der Waals surface area contributed by atoms with Crippen molar-refractivity contribution in [2.45, 2.75) is 0 Å². The van der Waals surface area contributed by atoms with Crippen LogP contribution in [0.4, 0.5) is 5.69 Å². The smallest absolute Gasteiger partial charge is 0.267 e. The number of thioether (sulfide) groups is 1. The number of hydrazine groups is 1. The Bertz CT molecular complexity index is 1040. The molecule has 28 heavy (non-hydrogen) atoms. The van der Waals surface area contributed by atoms with Gasteiger partial charge in [0.1, 0.15) is 0 Å². The van der Waals surface area contributed by atoms with Crippen molar-refractivity contribution in [3.63, 3.8) is 0 Å². The Morgan fingerprint density at radius 2 is 1.86 bits per heavy atom. The number of hydrogen-bond acceptors (Lipinski definition) is 6. The van der Waals surface area contributed by atoms with Crippen LogP contribution in [-0.2, 0) is 4.79 Å². The quantitative estimate of drug-likeness (QED) is 0.318. The van der Waals surface area contributed by atoms with Crippen molar-refractivity contribution in [2.75, 3.05) is 0 Å². The van der Waals surface area contributed by atoms with Crippen LogP contribution in [0.1, 0.15) is 15.9 Å². The third-order valence-corrected chi connectivity index (χ3v) is 5.56. The van der Waals surface area contributed by atoms with Gasteiger partial charge in [0.2, 0.25) is 0 Å². The van der Waals surface area contributed by atoms with E-state index in [1.807, 2.05) is 0 Å². The van der Waals surface area contributed by atoms with E-state index in [4.69, 9.17) is 35.4 Å². The van der Waals surface area contributed by atoms with Crippen LogP contribution < -0.4 is 5.43 Å². The van der Waals surface area contributed by atoms with Crippen molar-refractivity contribution in [3.05, 3.63) is 78.7 Å². The van der Waals surface area contributed by atoms with Gasteiger partial charge in [0.15, 0.2) is 4.32 Å². The van der Waals surface area contributed by atoms with Crippen molar-refractivity contribution in [1.29, 1.82) is 0 Å². The molecule has 1 heterocycles. The van der Waals surface area contributed by atoms with Gasteiger partial charge in [-0.05, 0) is 36.5 Å². The Hall–Kier alpha value is -2.46. The van der Waals surface area contributed by atoms with Crippen molar-refractivity contribution in [2.24, 2.45) is 0 Å². The standard InChI is InChI=1S/C17H9Cl2N3O4S2/c18-12-5-2-6-13(19)11(12)8-14-16(24)21(17(27)28-14)20-15(23)9-3-1-4-10(7-9)22(25)26/h1-8H,(H,20,23)/b14-8+. The molecule has 2 aromatic rings. The fourth-order valence-electron chi connectivity index (χ4n) is 2.27. The number of rotatable bonds is 4. The number of nitrogens with zero attached hydrogens (tertiary/aromatic N) is 2. The van der Waals surface area contributed by atoms with Crippen LogP contribution in [-0.4, -0.2) is 26.1 Å². The Kier molecular flexibility index (Phi) is 5.99. The predicted octanol–water partition coefficient (Wildman–Crippen LogP) is 4.45. The lowest BCUT2D eigenvalue weighted by Gasteiger charge is -2.15. The predicted molar refractivity (Wildman–Crippen MR) is 112 cm³/mol. The van der Waals surface area contributed by atoms with E-state index in [0.29, 0.717) is 15.6 Å². The average molecular weight is 454 g/mol. The van der Waals surface area contributed by atoms with Gasteiger partial charge in [-0.1, -0.05) is 47.1 Å². The minimum absolute atomic E-state index is 0.0152. The number of amides is 2. The van der Waals surface area contributed by atoms with Crippen LogP contribution in [0.25, 0.3) is 6.08 Å². The SMILES string of the molecule is O=C(NN1C(=O)/C(=C\c2c(Cl)cccc2Cl)SC1=S)c1cccc([N+](=O)[O-])c1. The summed E-state index contributed by atoms with van der Waals surface area (Å²) in [7, 11) is 0. The molecule has 142 valence electrons. The summed E-state index contributed by atoms with van der Waals surface area (Å²) in [6.45, 7) is 0. The maximum atomic E-state index is 12.6. The Balaban J connectivity index is 1.83. The van der Waals surface area contributed by atoms with Crippen LogP contribution in [0.5, 0.6) is 0 Å². The van der Waals surface area contributed by atoms with Gasteiger partial charge in [-0.3, -0.25) is 25.1 Å². The number of carbonyl (C=O) groups excluding carboxylic acids is 2. The van der Waals surface area contributed by atoms with Gasteiger partial charge < -0.3 is 0 Å². The summed E-state index contributed by atoms with van der Waals surface area (Å²) in [6.07, 6.45) is 1.49. The first-order chi connectivity index (χ1) is 13.3. The van der Waals surface area contributed by atoms with Crippen molar-refractivity contribution >= 4 is 75.1 Å². The van der Waals surface area contributed by atoms with E-state index in [1.54, 1.807) is 18.2 Å². The molecule has 0 spiro atoms. The summed E-state index contributed by atoms with van der Waals surface area (Å²) in [5, 5.41) is 12.5. The number of nitro groups is 1. The number of nitrogens with one attached hydrogen (secondary N) is 1. The van der Waals surface area contributed by atoms with Crippen LogP contribution in [0.15, 0.2) is 47.4 Å². The highest BCUT2D eigenvalue weighted by Crippen LogP contribution is 2.35. The Morgan fingerprint density at radius 1 is 1.21 bits per heavy atom. The second kappa shape index (κ2) is 8.27. The highest BCUT2D eigenvalue weighted by atomic mass is 35.5. The number of benzene rings is 2. The maximum Gasteiger partial charge on any atom is 0.285 e. The Labute approximate surface area is 178 Å². The number of thiocarbonyl (C=S) groups is 1. The third kappa shape index (κ3) is 4.17. The van der Waals surface area contributed by atoms with E-state index in [1.165, 1.54) is 24.3 Å². The van der Waals surface area contributed by atoms with Crippen molar-refractivity contribution in [3.8, 4) is 0 Å². The first-order valence-corrected chi connectivity index (χ1v) is 9.53. The number of carbonyl (C=O) groups is 2. The molecule has 1 N–H and O–H groups in total. The van der Waals surface area contributed by atoms with Gasteiger partial charge in [-0.15, -0.1) is 0 Å². The molecule has 2 aromatic carbocycles. The van der Waals surface area contributed by atoms with Crippen LogP contribution in [0.2, 0.25) is 10.0 Å². The molecule has 0 bridgehead atoms. The zero-order valence-electron chi connectivity index (χ0n) is 13.7. The molecule has 0 unspecified atom stereocenters. The number of non-ortho nitro benzene ring substituents is 1. The first kappa shape index (κ1) is 20.3. The van der Waals surface area contributed by atoms with E-state index in [9.17, 15) is 19.7 Å². The summed E-state index contributed by atoms with van der Waals surface area (Å²) in [4.78, 5) is 35.5. The molecule has 7 nitrogen and oxygen atoms in total. The molecule has 3 rings (SSSR count). The zero-order valence-corrected chi connectivity index (χ0v) is 16.9. The second-order valence-electron chi connectivity index (χ2n) is 5.40. The fraction of sp³-hybridized carbons (Fsp3) is 0. The molecular weight excluding hydrogens is 445 g/mol. The van der Waals surface area contributed by atoms with Gasteiger partial charge in [0.05, 0.1) is 9.83 Å². The lowest BCUT2D eigenvalue weighted by molar-refractivity contribution is -0.384. The van der Waals surface area contributed by atoms with Crippen molar-refractivity contribution in [1.82, 2.24) is 10.4 Å². The zero-order chi connectivity index (χ0) is 20.4. The minimum Gasteiger partial charge on any atom is -0.267 e. The molecule has 0 aliphatic carbocycles. The molecule has 1 aliphatic heterocycles. The highest BCUT2D eigenvalue weighted by Gasteiger charge is 2.34. The number of nitro benzene ring substituents is 1. The van der Waals surface area contributed by atoms with Gasteiger partial charge >= 0.3 is 0 Å². The number of halogens is 2. The molecule has 2 amide bonds. The van der Waals surface area contributed by atoms with Gasteiger partial charge in [-0.25, -0.2) is 0 Å². The molecule has 0 atom stereocenters. The summed E-state index contributed by atoms with van der Waals surface area (Å²) in [6, 6.07) is 10.1. The van der Waals surface area contributed by atoms with Crippen molar-refractivity contribution < 1.29 is 14.5 Å². The monoisotopic (exact) mass is 453 g/mol. The Morgan fingerprint density at radius 3 is 2.50 bits per heavy atom. The number of hydrogen-bond donors (Lipinski definition) is 1. The summed E-state index contributed by atoms with van der Waals surface area (Å²) in [5.41, 5.74) is 2.59. The molecule has 0 saturated carbocycles. The molecular formula is C17H9Cl2N3O4S2. The van der Waals surface area contributed by atoms with Crippen LogP contribution in [0, 0.1) is 10.1 Å².